The number of anilines is 1. The number of morpholine rings is 1. The van der Waals surface area contributed by atoms with E-state index in [9.17, 15) is 13.6 Å². The molecule has 2 rings (SSSR count). The Morgan fingerprint density at radius 2 is 2.19 bits per heavy atom. The molecule has 0 saturated carbocycles. The number of likely N-dealkylation sites (N-methyl/N-ethyl adjacent to an activating group) is 1. The van der Waals surface area contributed by atoms with Crippen molar-refractivity contribution >= 4 is 11.6 Å². The molecule has 0 aliphatic carbocycles. The normalized spacial score (nSPS) is 18.8. The average Bonchev–Trinajstić information content (AvgIpc) is 2.44. The molecule has 1 aliphatic heterocycles. The summed E-state index contributed by atoms with van der Waals surface area (Å²) in [7, 11) is 1.76. The van der Waals surface area contributed by atoms with E-state index in [0.717, 1.165) is 25.2 Å². The molecule has 0 aromatic heterocycles. The van der Waals surface area contributed by atoms with E-state index in [-0.39, 0.29) is 12.6 Å². The van der Waals surface area contributed by atoms with Crippen LogP contribution in [0.4, 0.5) is 14.5 Å². The summed E-state index contributed by atoms with van der Waals surface area (Å²) < 4.78 is 32.4. The Labute approximate surface area is 122 Å². The lowest BCUT2D eigenvalue weighted by Gasteiger charge is -2.27. The van der Waals surface area contributed by atoms with Crippen LogP contribution in [-0.4, -0.2) is 56.7 Å². The molecule has 2 N–H and O–H groups in total. The summed E-state index contributed by atoms with van der Waals surface area (Å²) in [6.07, 6.45) is 0.0155. The summed E-state index contributed by atoms with van der Waals surface area (Å²) in [6, 6.07) is 3.45. The van der Waals surface area contributed by atoms with Crippen molar-refractivity contribution in [3.63, 3.8) is 0 Å². The van der Waals surface area contributed by atoms with Crippen LogP contribution in [0.2, 0.25) is 0 Å². The molecule has 7 heteroatoms. The molecule has 1 amide bonds. The number of halogens is 2. The lowest BCUT2D eigenvalue weighted by molar-refractivity contribution is -0.117. The van der Waals surface area contributed by atoms with Crippen molar-refractivity contribution in [1.82, 2.24) is 10.2 Å². The fourth-order valence-corrected chi connectivity index (χ4v) is 2.19. The summed E-state index contributed by atoms with van der Waals surface area (Å²) >= 11 is 0. The van der Waals surface area contributed by atoms with E-state index in [1.54, 1.807) is 11.9 Å². The zero-order valence-corrected chi connectivity index (χ0v) is 11.9. The second-order valence-electron chi connectivity index (χ2n) is 5.04. The minimum atomic E-state index is -0.786. The Kier molecular flexibility index (Phi) is 5.60. The lowest BCUT2D eigenvalue weighted by Crippen LogP contribution is -2.45. The summed E-state index contributed by atoms with van der Waals surface area (Å²) in [5, 5.41) is 5.46. The molecule has 116 valence electrons. The van der Waals surface area contributed by atoms with Crippen LogP contribution in [0.3, 0.4) is 0 Å². The van der Waals surface area contributed by atoms with Crippen LogP contribution in [0.5, 0.6) is 0 Å². The van der Waals surface area contributed by atoms with Gasteiger partial charge in [0, 0.05) is 19.6 Å². The number of para-hydroxylation sites is 1. The molecule has 1 heterocycles. The molecular formula is C14H19F2N3O2. The Bertz CT molecular complexity index is 473. The van der Waals surface area contributed by atoms with Gasteiger partial charge in [-0.05, 0) is 19.2 Å². The number of hydrogen-bond donors (Lipinski definition) is 2. The smallest absolute Gasteiger partial charge is 0.238 e. The van der Waals surface area contributed by atoms with E-state index in [4.69, 9.17) is 4.74 Å². The van der Waals surface area contributed by atoms with Crippen molar-refractivity contribution in [3.05, 3.63) is 29.8 Å². The second-order valence-corrected chi connectivity index (χ2v) is 5.04. The highest BCUT2D eigenvalue weighted by Gasteiger charge is 2.18. The van der Waals surface area contributed by atoms with E-state index in [1.165, 1.54) is 6.07 Å². The van der Waals surface area contributed by atoms with Gasteiger partial charge in [-0.15, -0.1) is 0 Å². The van der Waals surface area contributed by atoms with Crippen molar-refractivity contribution in [2.24, 2.45) is 0 Å². The van der Waals surface area contributed by atoms with Gasteiger partial charge in [-0.25, -0.2) is 8.78 Å². The molecule has 0 radical (unpaired) electrons. The molecule has 1 atom stereocenters. The first-order valence-corrected chi connectivity index (χ1v) is 6.81. The van der Waals surface area contributed by atoms with Gasteiger partial charge in [0.15, 0.2) is 0 Å². The van der Waals surface area contributed by atoms with Gasteiger partial charge in [-0.1, -0.05) is 6.07 Å². The van der Waals surface area contributed by atoms with E-state index in [2.05, 4.69) is 10.6 Å². The highest BCUT2D eigenvalue weighted by atomic mass is 19.1. The van der Waals surface area contributed by atoms with E-state index in [1.807, 2.05) is 0 Å². The first-order valence-electron chi connectivity index (χ1n) is 6.81. The molecule has 1 fully saturated rings. The van der Waals surface area contributed by atoms with Crippen LogP contribution in [-0.2, 0) is 9.53 Å². The van der Waals surface area contributed by atoms with Gasteiger partial charge in [0.05, 0.1) is 19.3 Å². The van der Waals surface area contributed by atoms with Gasteiger partial charge in [-0.2, -0.15) is 0 Å². The monoisotopic (exact) mass is 299 g/mol. The molecule has 1 aromatic rings. The minimum Gasteiger partial charge on any atom is -0.374 e. The van der Waals surface area contributed by atoms with Crippen LogP contribution in [0.15, 0.2) is 18.2 Å². The van der Waals surface area contributed by atoms with Crippen LogP contribution in [0, 0.1) is 11.6 Å². The molecule has 1 unspecified atom stereocenters. The first kappa shape index (κ1) is 15.8. The van der Waals surface area contributed by atoms with E-state index >= 15 is 0 Å². The van der Waals surface area contributed by atoms with Crippen LogP contribution >= 0.6 is 0 Å². The third-order valence-corrected chi connectivity index (χ3v) is 3.16. The van der Waals surface area contributed by atoms with Crippen molar-refractivity contribution in [2.45, 2.75) is 6.10 Å². The molecule has 0 spiro atoms. The van der Waals surface area contributed by atoms with Gasteiger partial charge >= 0.3 is 0 Å². The Balaban J connectivity index is 1.83. The third-order valence-electron chi connectivity index (χ3n) is 3.16. The van der Waals surface area contributed by atoms with Gasteiger partial charge in [-0.3, -0.25) is 9.69 Å². The van der Waals surface area contributed by atoms with Crippen molar-refractivity contribution in [3.8, 4) is 0 Å². The standard InChI is InChI=1S/C14H19F2N3O2/c1-19(8-10-7-17-5-6-21-10)9-13(20)18-14-11(15)3-2-4-12(14)16/h2-4,10,17H,5-9H2,1H3,(H,18,20). The van der Waals surface area contributed by atoms with Gasteiger partial charge in [0.1, 0.15) is 17.3 Å². The van der Waals surface area contributed by atoms with Crippen LogP contribution in [0.25, 0.3) is 0 Å². The number of amides is 1. The first-order chi connectivity index (χ1) is 10.1. The molecular weight excluding hydrogens is 280 g/mol. The Hall–Kier alpha value is -1.57. The number of ether oxygens (including phenoxy) is 1. The number of nitrogens with zero attached hydrogens (tertiary/aromatic N) is 1. The summed E-state index contributed by atoms with van der Waals surface area (Å²) in [5.74, 6) is -2.04. The fraction of sp³-hybridized carbons (Fsp3) is 0.500. The number of hydrogen-bond acceptors (Lipinski definition) is 4. The molecule has 1 aromatic carbocycles. The van der Waals surface area contributed by atoms with Crippen LogP contribution < -0.4 is 10.6 Å². The molecule has 1 aliphatic rings. The lowest BCUT2D eigenvalue weighted by atomic mass is 10.2. The van der Waals surface area contributed by atoms with E-state index < -0.39 is 23.2 Å². The maximum atomic E-state index is 13.4. The number of carbonyl (C=O) groups is 1. The zero-order valence-electron chi connectivity index (χ0n) is 11.9. The second kappa shape index (κ2) is 7.44. The predicted octanol–water partition coefficient (Wildman–Crippen LogP) is 0.823. The van der Waals surface area contributed by atoms with Crippen molar-refractivity contribution in [1.29, 1.82) is 0 Å². The zero-order chi connectivity index (χ0) is 15.2. The number of rotatable bonds is 5. The predicted molar refractivity (Wildman–Crippen MR) is 75.1 cm³/mol. The Morgan fingerprint density at radius 3 is 2.81 bits per heavy atom. The van der Waals surface area contributed by atoms with Gasteiger partial charge in [0.25, 0.3) is 0 Å². The number of carbonyl (C=O) groups excluding carboxylic acids is 1. The Morgan fingerprint density at radius 1 is 1.48 bits per heavy atom. The topological polar surface area (TPSA) is 53.6 Å². The van der Waals surface area contributed by atoms with E-state index in [0.29, 0.717) is 13.2 Å². The largest absolute Gasteiger partial charge is 0.374 e. The third kappa shape index (κ3) is 4.73. The number of nitrogens with one attached hydrogen (secondary N) is 2. The van der Waals surface area contributed by atoms with Gasteiger partial charge in [0.2, 0.25) is 5.91 Å². The minimum absolute atomic E-state index is 0.0155. The van der Waals surface area contributed by atoms with Gasteiger partial charge < -0.3 is 15.4 Å². The maximum Gasteiger partial charge on any atom is 0.238 e. The summed E-state index contributed by atoms with van der Waals surface area (Å²) in [5.41, 5.74) is -0.411. The quantitative estimate of drug-likeness (QED) is 0.845. The average molecular weight is 299 g/mol. The molecule has 1 saturated heterocycles. The van der Waals surface area contributed by atoms with Crippen molar-refractivity contribution in [2.75, 3.05) is 45.2 Å². The molecule has 0 bridgehead atoms. The molecule has 21 heavy (non-hydrogen) atoms. The maximum absolute atomic E-state index is 13.4. The fourth-order valence-electron chi connectivity index (χ4n) is 2.19. The summed E-state index contributed by atoms with van der Waals surface area (Å²) in [6.45, 7) is 2.81. The summed E-state index contributed by atoms with van der Waals surface area (Å²) in [4.78, 5) is 13.6. The van der Waals surface area contributed by atoms with Crippen molar-refractivity contribution < 1.29 is 18.3 Å². The highest BCUT2D eigenvalue weighted by Crippen LogP contribution is 2.17. The SMILES string of the molecule is CN(CC(=O)Nc1c(F)cccc1F)CC1CNCCO1. The molecule has 5 nitrogen and oxygen atoms in total. The van der Waals surface area contributed by atoms with Crippen LogP contribution in [0.1, 0.15) is 0 Å². The highest BCUT2D eigenvalue weighted by molar-refractivity contribution is 5.92. The number of benzene rings is 1.